The molecule has 1 saturated heterocycles. The predicted octanol–water partition coefficient (Wildman–Crippen LogP) is 2.60. The van der Waals surface area contributed by atoms with E-state index >= 15 is 0 Å². The lowest BCUT2D eigenvalue weighted by molar-refractivity contribution is 0.0908. The summed E-state index contributed by atoms with van der Waals surface area (Å²) in [6.07, 6.45) is 0. The number of piperazine rings is 1. The second-order valence-corrected chi connectivity index (χ2v) is 7.05. The average molecular weight is 329 g/mol. The Morgan fingerprint density at radius 2 is 2.17 bits per heavy atom. The maximum Gasteiger partial charge on any atom is 0.251 e. The van der Waals surface area contributed by atoms with E-state index in [0.29, 0.717) is 6.04 Å². The minimum atomic E-state index is -0.0271. The van der Waals surface area contributed by atoms with Gasteiger partial charge in [0.1, 0.15) is 0 Å². The van der Waals surface area contributed by atoms with Gasteiger partial charge in [0.15, 0.2) is 0 Å². The van der Waals surface area contributed by atoms with Crippen LogP contribution < -0.4 is 5.32 Å². The fraction of sp³-hybridized carbons (Fsp3) is 0.389. The van der Waals surface area contributed by atoms with Crippen LogP contribution >= 0.6 is 11.3 Å². The first kappa shape index (κ1) is 16.2. The van der Waals surface area contributed by atoms with Crippen LogP contribution in [0.15, 0.2) is 41.8 Å². The highest BCUT2D eigenvalue weighted by molar-refractivity contribution is 7.09. The molecule has 0 aliphatic carbocycles. The molecule has 0 bridgehead atoms. The highest BCUT2D eigenvalue weighted by Gasteiger charge is 2.26. The molecular formula is C18H23N3OS. The number of carbonyl (C=O) groups excluding carboxylic acids is 1. The molecule has 1 amide bonds. The summed E-state index contributed by atoms with van der Waals surface area (Å²) in [5, 5.41) is 4.83. The van der Waals surface area contributed by atoms with Gasteiger partial charge in [-0.1, -0.05) is 18.2 Å². The lowest BCUT2D eigenvalue weighted by Gasteiger charge is -2.39. The van der Waals surface area contributed by atoms with Gasteiger partial charge in [0.2, 0.25) is 0 Å². The topological polar surface area (TPSA) is 35.6 Å². The van der Waals surface area contributed by atoms with E-state index in [4.69, 9.17) is 0 Å². The van der Waals surface area contributed by atoms with E-state index in [0.717, 1.165) is 31.7 Å². The molecule has 1 atom stereocenters. The Balaban J connectivity index is 1.76. The Hall–Kier alpha value is -1.69. The third kappa shape index (κ3) is 3.80. The quantitative estimate of drug-likeness (QED) is 0.936. The molecule has 1 aliphatic heterocycles. The van der Waals surface area contributed by atoms with Gasteiger partial charge in [0.05, 0.1) is 0 Å². The van der Waals surface area contributed by atoms with E-state index in [-0.39, 0.29) is 5.91 Å². The summed E-state index contributed by atoms with van der Waals surface area (Å²) < 4.78 is 0. The molecule has 0 radical (unpaired) electrons. The van der Waals surface area contributed by atoms with Crippen LogP contribution in [0, 0.1) is 0 Å². The highest BCUT2D eigenvalue weighted by atomic mass is 32.1. The van der Waals surface area contributed by atoms with Crippen molar-refractivity contribution in [2.75, 3.05) is 33.7 Å². The lowest BCUT2D eigenvalue weighted by Crippen LogP contribution is -2.46. The summed E-state index contributed by atoms with van der Waals surface area (Å²) in [6, 6.07) is 12.6. The van der Waals surface area contributed by atoms with E-state index in [1.54, 1.807) is 7.05 Å². The predicted molar refractivity (Wildman–Crippen MR) is 94.8 cm³/mol. The number of rotatable bonds is 4. The molecule has 1 aliphatic rings. The zero-order valence-electron chi connectivity index (χ0n) is 13.7. The zero-order chi connectivity index (χ0) is 16.2. The van der Waals surface area contributed by atoms with Crippen LogP contribution in [0.5, 0.6) is 0 Å². The fourth-order valence-corrected chi connectivity index (χ4v) is 3.83. The van der Waals surface area contributed by atoms with Gasteiger partial charge in [-0.2, -0.15) is 0 Å². The maximum atomic E-state index is 11.9. The molecule has 2 aromatic rings. The standard InChI is InChI=1S/C18H23N3OS/c1-19-18(22)15-6-3-5-14(11-15)17-13-21(9-8-20(17)2)12-16-7-4-10-23-16/h3-7,10-11,17H,8-9,12-13H2,1-2H3,(H,19,22). The van der Waals surface area contributed by atoms with E-state index < -0.39 is 0 Å². The van der Waals surface area contributed by atoms with Crippen LogP contribution in [-0.4, -0.2) is 49.4 Å². The molecular weight excluding hydrogens is 306 g/mol. The first-order valence-electron chi connectivity index (χ1n) is 7.94. The average Bonchev–Trinajstić information content (AvgIpc) is 3.09. The number of carbonyl (C=O) groups is 1. The Bertz CT molecular complexity index is 656. The zero-order valence-corrected chi connectivity index (χ0v) is 14.5. The first-order valence-corrected chi connectivity index (χ1v) is 8.82. The molecule has 5 heteroatoms. The smallest absolute Gasteiger partial charge is 0.251 e. The van der Waals surface area contributed by atoms with Gasteiger partial charge in [-0.15, -0.1) is 11.3 Å². The van der Waals surface area contributed by atoms with E-state index in [1.807, 2.05) is 29.5 Å². The molecule has 1 unspecified atom stereocenters. The molecule has 0 spiro atoms. The highest BCUT2D eigenvalue weighted by Crippen LogP contribution is 2.26. The van der Waals surface area contributed by atoms with Crippen LogP contribution in [-0.2, 0) is 6.54 Å². The number of thiophene rings is 1. The van der Waals surface area contributed by atoms with Crippen molar-refractivity contribution in [3.05, 3.63) is 57.8 Å². The van der Waals surface area contributed by atoms with Crippen molar-refractivity contribution in [2.24, 2.45) is 0 Å². The molecule has 0 saturated carbocycles. The number of nitrogens with one attached hydrogen (secondary N) is 1. The maximum absolute atomic E-state index is 11.9. The molecule has 3 rings (SSSR count). The van der Waals surface area contributed by atoms with Crippen LogP contribution in [0.25, 0.3) is 0 Å². The summed E-state index contributed by atoms with van der Waals surface area (Å²) in [5.41, 5.74) is 1.94. The third-order valence-electron chi connectivity index (χ3n) is 4.45. The normalized spacial score (nSPS) is 19.7. The molecule has 1 aromatic carbocycles. The van der Waals surface area contributed by atoms with E-state index in [2.05, 4.69) is 45.7 Å². The van der Waals surface area contributed by atoms with Gasteiger partial charge in [-0.3, -0.25) is 14.6 Å². The van der Waals surface area contributed by atoms with Crippen LogP contribution in [0.3, 0.4) is 0 Å². The van der Waals surface area contributed by atoms with E-state index in [9.17, 15) is 4.79 Å². The molecule has 23 heavy (non-hydrogen) atoms. The minimum Gasteiger partial charge on any atom is -0.355 e. The molecule has 4 nitrogen and oxygen atoms in total. The number of nitrogens with zero attached hydrogens (tertiary/aromatic N) is 2. The summed E-state index contributed by atoms with van der Waals surface area (Å²) >= 11 is 1.82. The van der Waals surface area contributed by atoms with Gasteiger partial charge >= 0.3 is 0 Å². The second kappa shape index (κ2) is 7.25. The SMILES string of the molecule is CNC(=O)c1cccc(C2CN(Cc3cccs3)CCN2C)c1. The van der Waals surface area contributed by atoms with Crippen molar-refractivity contribution in [1.29, 1.82) is 0 Å². The van der Waals surface area contributed by atoms with Crippen LogP contribution in [0.1, 0.15) is 26.8 Å². The first-order chi connectivity index (χ1) is 11.2. The van der Waals surface area contributed by atoms with Gasteiger partial charge in [0, 0.05) is 49.7 Å². The van der Waals surface area contributed by atoms with Crippen molar-refractivity contribution >= 4 is 17.2 Å². The Labute approximate surface area is 141 Å². The summed E-state index contributed by atoms with van der Waals surface area (Å²) in [7, 11) is 3.84. The number of amides is 1. The molecule has 1 fully saturated rings. The van der Waals surface area contributed by atoms with Crippen molar-refractivity contribution < 1.29 is 4.79 Å². The minimum absolute atomic E-state index is 0.0271. The van der Waals surface area contributed by atoms with Crippen LogP contribution in [0.4, 0.5) is 0 Å². The molecule has 1 N–H and O–H groups in total. The van der Waals surface area contributed by atoms with E-state index in [1.165, 1.54) is 10.4 Å². The van der Waals surface area contributed by atoms with Gasteiger partial charge in [-0.05, 0) is 36.2 Å². The van der Waals surface area contributed by atoms with Crippen LogP contribution in [0.2, 0.25) is 0 Å². The summed E-state index contributed by atoms with van der Waals surface area (Å²) in [5.74, 6) is -0.0271. The third-order valence-corrected chi connectivity index (χ3v) is 5.31. The molecule has 122 valence electrons. The van der Waals surface area contributed by atoms with Gasteiger partial charge in [-0.25, -0.2) is 0 Å². The van der Waals surface area contributed by atoms with Gasteiger partial charge in [0.25, 0.3) is 5.91 Å². The van der Waals surface area contributed by atoms with Crippen molar-refractivity contribution in [3.63, 3.8) is 0 Å². The Morgan fingerprint density at radius 1 is 1.30 bits per heavy atom. The second-order valence-electron chi connectivity index (χ2n) is 6.02. The number of likely N-dealkylation sites (N-methyl/N-ethyl adjacent to an activating group) is 1. The monoisotopic (exact) mass is 329 g/mol. The fourth-order valence-electron chi connectivity index (χ4n) is 3.09. The number of hydrogen-bond donors (Lipinski definition) is 1. The molecule has 1 aromatic heterocycles. The molecule has 2 heterocycles. The Kier molecular flexibility index (Phi) is 5.10. The Morgan fingerprint density at radius 3 is 2.91 bits per heavy atom. The largest absolute Gasteiger partial charge is 0.355 e. The van der Waals surface area contributed by atoms with Crippen molar-refractivity contribution in [2.45, 2.75) is 12.6 Å². The van der Waals surface area contributed by atoms with Gasteiger partial charge < -0.3 is 5.32 Å². The summed E-state index contributed by atoms with van der Waals surface area (Å²) in [4.78, 5) is 18.2. The number of hydrogen-bond acceptors (Lipinski definition) is 4. The van der Waals surface area contributed by atoms with Crippen molar-refractivity contribution in [3.8, 4) is 0 Å². The summed E-state index contributed by atoms with van der Waals surface area (Å²) in [6.45, 7) is 4.13. The van der Waals surface area contributed by atoms with Crippen molar-refractivity contribution in [1.82, 2.24) is 15.1 Å². The number of benzene rings is 1. The lowest BCUT2D eigenvalue weighted by atomic mass is 10.00.